The van der Waals surface area contributed by atoms with Crippen molar-refractivity contribution in [2.24, 2.45) is 5.41 Å². The minimum atomic E-state index is -0.502. The lowest BCUT2D eigenvalue weighted by Gasteiger charge is -2.15. The first-order valence-corrected chi connectivity index (χ1v) is 6.17. The molecule has 0 bridgehead atoms. The maximum absolute atomic E-state index is 11.7. The second-order valence-corrected chi connectivity index (χ2v) is 5.20. The van der Waals surface area contributed by atoms with Gasteiger partial charge < -0.3 is 5.32 Å². The zero-order valence-electron chi connectivity index (χ0n) is 11.3. The molecule has 0 radical (unpaired) electrons. The van der Waals surface area contributed by atoms with Crippen molar-refractivity contribution in [2.75, 3.05) is 6.54 Å². The second kappa shape index (κ2) is 6.20. The van der Waals surface area contributed by atoms with E-state index in [4.69, 9.17) is 5.26 Å². The molecule has 1 amide bonds. The van der Waals surface area contributed by atoms with Gasteiger partial charge in [0.15, 0.2) is 0 Å². The summed E-state index contributed by atoms with van der Waals surface area (Å²) in [6, 6.07) is 10.2. The standard InChI is InChI=1S/C15H20N2O/c1-12-6-4-5-7-13(12)8-9-14(18)17-11-15(2,3)10-16/h4-7H,8-9,11H2,1-3H3,(H,17,18). The average molecular weight is 244 g/mol. The molecular formula is C15H20N2O. The molecule has 1 N–H and O–H groups in total. The molecule has 18 heavy (non-hydrogen) atoms. The Morgan fingerprint density at radius 2 is 2.06 bits per heavy atom. The average Bonchev–Trinajstić information content (AvgIpc) is 2.35. The first kappa shape index (κ1) is 14.2. The molecule has 0 fully saturated rings. The van der Waals surface area contributed by atoms with Crippen LogP contribution in [0.15, 0.2) is 24.3 Å². The number of nitrogens with zero attached hydrogens (tertiary/aromatic N) is 1. The molecule has 0 aliphatic rings. The highest BCUT2D eigenvalue weighted by Gasteiger charge is 2.17. The number of nitriles is 1. The number of hydrogen-bond donors (Lipinski definition) is 1. The topological polar surface area (TPSA) is 52.9 Å². The van der Waals surface area contributed by atoms with Crippen molar-refractivity contribution in [3.8, 4) is 6.07 Å². The van der Waals surface area contributed by atoms with Crippen LogP contribution < -0.4 is 5.32 Å². The molecular weight excluding hydrogens is 224 g/mol. The Morgan fingerprint density at radius 1 is 1.39 bits per heavy atom. The molecule has 1 rings (SSSR count). The van der Waals surface area contributed by atoms with Gasteiger partial charge in [-0.15, -0.1) is 0 Å². The highest BCUT2D eigenvalue weighted by Crippen LogP contribution is 2.12. The van der Waals surface area contributed by atoms with Crippen molar-refractivity contribution in [3.63, 3.8) is 0 Å². The van der Waals surface area contributed by atoms with Crippen LogP contribution in [0.4, 0.5) is 0 Å². The van der Waals surface area contributed by atoms with Gasteiger partial charge in [0.05, 0.1) is 11.5 Å². The summed E-state index contributed by atoms with van der Waals surface area (Å²) in [6.07, 6.45) is 1.21. The summed E-state index contributed by atoms with van der Waals surface area (Å²) < 4.78 is 0. The van der Waals surface area contributed by atoms with Crippen molar-refractivity contribution < 1.29 is 4.79 Å². The molecule has 1 aromatic carbocycles. The fourth-order valence-corrected chi connectivity index (χ4v) is 1.59. The summed E-state index contributed by atoms with van der Waals surface area (Å²) in [5.41, 5.74) is 1.91. The Labute approximate surface area is 109 Å². The van der Waals surface area contributed by atoms with E-state index in [9.17, 15) is 4.79 Å². The number of hydrogen-bond acceptors (Lipinski definition) is 2. The number of benzene rings is 1. The van der Waals surface area contributed by atoms with E-state index < -0.39 is 5.41 Å². The number of aryl methyl sites for hydroxylation is 2. The smallest absolute Gasteiger partial charge is 0.220 e. The third kappa shape index (κ3) is 4.58. The first-order chi connectivity index (χ1) is 8.44. The minimum Gasteiger partial charge on any atom is -0.355 e. The van der Waals surface area contributed by atoms with Crippen molar-refractivity contribution in [2.45, 2.75) is 33.6 Å². The van der Waals surface area contributed by atoms with E-state index in [1.165, 1.54) is 11.1 Å². The fourth-order valence-electron chi connectivity index (χ4n) is 1.59. The van der Waals surface area contributed by atoms with Gasteiger partial charge in [0, 0.05) is 13.0 Å². The third-order valence-corrected chi connectivity index (χ3v) is 2.91. The number of rotatable bonds is 5. The van der Waals surface area contributed by atoms with E-state index in [0.717, 1.165) is 6.42 Å². The lowest BCUT2D eigenvalue weighted by molar-refractivity contribution is -0.121. The molecule has 3 heteroatoms. The van der Waals surface area contributed by atoms with Gasteiger partial charge >= 0.3 is 0 Å². The van der Waals surface area contributed by atoms with Gasteiger partial charge in [-0.3, -0.25) is 4.79 Å². The van der Waals surface area contributed by atoms with Crippen LogP contribution in [0.1, 0.15) is 31.4 Å². The number of carbonyl (C=O) groups excluding carboxylic acids is 1. The van der Waals surface area contributed by atoms with Crippen LogP contribution in [0.3, 0.4) is 0 Å². The van der Waals surface area contributed by atoms with Gasteiger partial charge in [-0.1, -0.05) is 24.3 Å². The molecule has 0 spiro atoms. The Bertz CT molecular complexity index is 458. The van der Waals surface area contributed by atoms with Crippen LogP contribution in [-0.2, 0) is 11.2 Å². The van der Waals surface area contributed by atoms with Crippen LogP contribution in [0.5, 0.6) is 0 Å². The predicted molar refractivity (Wildman–Crippen MR) is 71.9 cm³/mol. The quantitative estimate of drug-likeness (QED) is 0.865. The minimum absolute atomic E-state index is 0.00146. The molecule has 0 unspecified atom stereocenters. The van der Waals surface area contributed by atoms with Gasteiger partial charge in [-0.25, -0.2) is 0 Å². The van der Waals surface area contributed by atoms with E-state index in [2.05, 4.69) is 11.4 Å². The number of carbonyl (C=O) groups is 1. The highest BCUT2D eigenvalue weighted by molar-refractivity contribution is 5.76. The highest BCUT2D eigenvalue weighted by atomic mass is 16.1. The number of nitrogens with one attached hydrogen (secondary N) is 1. The third-order valence-electron chi connectivity index (χ3n) is 2.91. The zero-order valence-corrected chi connectivity index (χ0v) is 11.3. The monoisotopic (exact) mass is 244 g/mol. The van der Waals surface area contributed by atoms with E-state index in [1.54, 1.807) is 0 Å². The van der Waals surface area contributed by atoms with Gasteiger partial charge in [-0.2, -0.15) is 5.26 Å². The molecule has 1 aromatic rings. The zero-order chi connectivity index (χ0) is 13.6. The maximum Gasteiger partial charge on any atom is 0.220 e. The summed E-state index contributed by atoms with van der Waals surface area (Å²) in [7, 11) is 0. The Morgan fingerprint density at radius 3 is 2.67 bits per heavy atom. The van der Waals surface area contributed by atoms with Gasteiger partial charge in [0.1, 0.15) is 0 Å². The summed E-state index contributed by atoms with van der Waals surface area (Å²) in [4.78, 5) is 11.7. The molecule has 0 aliphatic heterocycles. The van der Waals surface area contributed by atoms with Crippen LogP contribution in [0.25, 0.3) is 0 Å². The predicted octanol–water partition coefficient (Wildman–Crippen LogP) is 2.59. The molecule has 0 aromatic heterocycles. The Balaban J connectivity index is 2.39. The van der Waals surface area contributed by atoms with Gasteiger partial charge in [0.25, 0.3) is 0 Å². The molecule has 3 nitrogen and oxygen atoms in total. The summed E-state index contributed by atoms with van der Waals surface area (Å²) in [5.74, 6) is 0.00146. The molecule has 0 saturated carbocycles. The fraction of sp³-hybridized carbons (Fsp3) is 0.467. The summed E-state index contributed by atoms with van der Waals surface area (Å²) in [6.45, 7) is 6.07. The van der Waals surface area contributed by atoms with Crippen molar-refractivity contribution in [3.05, 3.63) is 35.4 Å². The molecule has 0 aliphatic carbocycles. The normalized spacial score (nSPS) is 10.8. The van der Waals surface area contributed by atoms with Crippen molar-refractivity contribution in [1.29, 1.82) is 5.26 Å². The van der Waals surface area contributed by atoms with E-state index in [0.29, 0.717) is 13.0 Å². The van der Waals surface area contributed by atoms with E-state index >= 15 is 0 Å². The Hall–Kier alpha value is -1.82. The van der Waals surface area contributed by atoms with Crippen LogP contribution in [0, 0.1) is 23.7 Å². The van der Waals surface area contributed by atoms with E-state index in [-0.39, 0.29) is 5.91 Å². The molecule has 0 saturated heterocycles. The Kier molecular flexibility index (Phi) is 4.91. The van der Waals surface area contributed by atoms with Gasteiger partial charge in [0.2, 0.25) is 5.91 Å². The van der Waals surface area contributed by atoms with Crippen molar-refractivity contribution in [1.82, 2.24) is 5.32 Å². The van der Waals surface area contributed by atoms with Crippen LogP contribution >= 0.6 is 0 Å². The van der Waals surface area contributed by atoms with Gasteiger partial charge in [-0.05, 0) is 38.3 Å². The van der Waals surface area contributed by atoms with E-state index in [1.807, 2.05) is 45.0 Å². The van der Waals surface area contributed by atoms with Crippen molar-refractivity contribution >= 4 is 5.91 Å². The largest absolute Gasteiger partial charge is 0.355 e. The molecule has 96 valence electrons. The summed E-state index contributed by atoms with van der Waals surface area (Å²) >= 11 is 0. The van der Waals surface area contributed by atoms with Crippen LogP contribution in [-0.4, -0.2) is 12.5 Å². The SMILES string of the molecule is Cc1ccccc1CCC(=O)NCC(C)(C)C#N. The molecule has 0 heterocycles. The second-order valence-electron chi connectivity index (χ2n) is 5.20. The first-order valence-electron chi connectivity index (χ1n) is 6.17. The summed E-state index contributed by atoms with van der Waals surface area (Å²) in [5, 5.41) is 11.7. The maximum atomic E-state index is 11.7. The molecule has 0 atom stereocenters. The number of amides is 1. The van der Waals surface area contributed by atoms with Crippen LogP contribution in [0.2, 0.25) is 0 Å². The lowest BCUT2D eigenvalue weighted by Crippen LogP contribution is -2.33. The lowest BCUT2D eigenvalue weighted by atomic mass is 9.96.